The minimum absolute atomic E-state index is 0.0402. The quantitative estimate of drug-likeness (QED) is 0.608. The van der Waals surface area contributed by atoms with Gasteiger partial charge in [-0.25, -0.2) is 18.4 Å². The number of halogens is 3. The van der Waals surface area contributed by atoms with Gasteiger partial charge in [-0.1, -0.05) is 12.1 Å². The van der Waals surface area contributed by atoms with Crippen molar-refractivity contribution in [2.45, 2.75) is 30.0 Å². The Bertz CT molecular complexity index is 1210. The predicted molar refractivity (Wildman–Crippen MR) is 107 cm³/mol. The van der Waals surface area contributed by atoms with Gasteiger partial charge in [0.2, 0.25) is 5.95 Å². The molecular weight excluding hydrogens is 419 g/mol. The first-order valence-corrected chi connectivity index (χ1v) is 11.0. The Hall–Kier alpha value is -2.95. The second-order valence-electron chi connectivity index (χ2n) is 7.15. The molecule has 1 aromatic carbocycles. The lowest BCUT2D eigenvalue weighted by Crippen LogP contribution is -2.22. The fourth-order valence-electron chi connectivity index (χ4n) is 2.84. The van der Waals surface area contributed by atoms with E-state index < -0.39 is 22.6 Å². The Morgan fingerprint density at radius 2 is 1.87 bits per heavy atom. The predicted octanol–water partition coefficient (Wildman–Crippen LogP) is 3.64. The Kier molecular flexibility index (Phi) is 5.00. The first-order chi connectivity index (χ1) is 14.1. The normalized spacial score (nSPS) is 14.7. The summed E-state index contributed by atoms with van der Waals surface area (Å²) in [5.41, 5.74) is 1.46. The van der Waals surface area contributed by atoms with Gasteiger partial charge in [0.1, 0.15) is 12.1 Å². The summed E-state index contributed by atoms with van der Waals surface area (Å²) < 4.78 is 61.9. The summed E-state index contributed by atoms with van der Waals surface area (Å²) in [4.78, 5) is 13.1. The van der Waals surface area contributed by atoms with Gasteiger partial charge in [0.15, 0.2) is 15.7 Å². The van der Waals surface area contributed by atoms with Gasteiger partial charge in [-0.3, -0.25) is 0 Å². The number of rotatable bonds is 6. The molecule has 0 atom stereocenters. The minimum Gasteiger partial charge on any atom is -0.359 e. The smallest absolute Gasteiger partial charge is 0.359 e. The van der Waals surface area contributed by atoms with Crippen molar-refractivity contribution in [3.05, 3.63) is 36.4 Å². The highest BCUT2D eigenvalue weighted by atomic mass is 32.2. The van der Waals surface area contributed by atoms with Crippen LogP contribution in [-0.4, -0.2) is 48.4 Å². The number of pyridine rings is 1. The van der Waals surface area contributed by atoms with Crippen molar-refractivity contribution in [2.24, 2.45) is 0 Å². The number of hydrogen-bond donors (Lipinski definition) is 2. The summed E-state index contributed by atoms with van der Waals surface area (Å²) in [7, 11) is -3.42. The maximum absolute atomic E-state index is 12.8. The van der Waals surface area contributed by atoms with Crippen molar-refractivity contribution in [2.75, 3.05) is 23.4 Å². The molecule has 0 aliphatic heterocycles. The van der Waals surface area contributed by atoms with Crippen LogP contribution in [0.5, 0.6) is 0 Å². The van der Waals surface area contributed by atoms with Gasteiger partial charge < -0.3 is 10.6 Å². The molecule has 0 amide bonds. The van der Waals surface area contributed by atoms with Crippen molar-refractivity contribution in [1.82, 2.24) is 15.0 Å². The van der Waals surface area contributed by atoms with Crippen molar-refractivity contribution in [3.8, 4) is 11.3 Å². The number of nitrogens with one attached hydrogen (secondary N) is 2. The van der Waals surface area contributed by atoms with Crippen molar-refractivity contribution >= 4 is 32.6 Å². The van der Waals surface area contributed by atoms with Crippen LogP contribution < -0.4 is 10.6 Å². The molecule has 7 nitrogen and oxygen atoms in total. The highest BCUT2D eigenvalue weighted by molar-refractivity contribution is 7.90. The lowest BCUT2D eigenvalue weighted by molar-refractivity contribution is -0.115. The molecule has 30 heavy (non-hydrogen) atoms. The molecule has 1 aliphatic rings. The molecule has 1 saturated carbocycles. The molecule has 3 aromatic rings. The third kappa shape index (κ3) is 4.78. The van der Waals surface area contributed by atoms with Crippen LogP contribution in [0, 0.1) is 0 Å². The molecule has 0 radical (unpaired) electrons. The summed E-state index contributed by atoms with van der Waals surface area (Å²) in [6.07, 6.45) is -1.41. The van der Waals surface area contributed by atoms with Gasteiger partial charge in [0.25, 0.3) is 0 Å². The van der Waals surface area contributed by atoms with Gasteiger partial charge in [-0.2, -0.15) is 18.2 Å². The van der Waals surface area contributed by atoms with Crippen molar-refractivity contribution < 1.29 is 21.6 Å². The monoisotopic (exact) mass is 437 g/mol. The lowest BCUT2D eigenvalue weighted by atomic mass is 10.1. The molecule has 2 heterocycles. The average molecular weight is 437 g/mol. The zero-order valence-corrected chi connectivity index (χ0v) is 16.7. The van der Waals surface area contributed by atoms with Crippen LogP contribution >= 0.6 is 0 Å². The largest absolute Gasteiger partial charge is 0.405 e. The maximum atomic E-state index is 12.8. The topological polar surface area (TPSA) is 96.9 Å². The molecule has 1 aliphatic carbocycles. The summed E-state index contributed by atoms with van der Waals surface area (Å²) in [5.74, 6) is 0.199. The molecule has 2 N–H and O–H groups in total. The number of sulfone groups is 1. The van der Waals surface area contributed by atoms with E-state index in [9.17, 15) is 21.6 Å². The Balaban J connectivity index is 1.78. The molecule has 4 rings (SSSR count). The van der Waals surface area contributed by atoms with E-state index in [0.29, 0.717) is 16.8 Å². The zero-order chi connectivity index (χ0) is 21.5. The third-order valence-electron chi connectivity index (χ3n) is 4.47. The van der Waals surface area contributed by atoms with Crippen LogP contribution in [0.25, 0.3) is 22.3 Å². The van der Waals surface area contributed by atoms with Crippen LogP contribution in [0.15, 0.2) is 41.3 Å². The average Bonchev–Trinajstić information content (AvgIpc) is 3.48. The van der Waals surface area contributed by atoms with E-state index in [2.05, 4.69) is 25.6 Å². The van der Waals surface area contributed by atoms with Gasteiger partial charge in [-0.15, -0.1) is 0 Å². The van der Waals surface area contributed by atoms with E-state index in [1.165, 1.54) is 12.1 Å². The number of fused-ring (bicyclic) bond motifs is 1. The Labute approximate surface area is 170 Å². The highest BCUT2D eigenvalue weighted by Crippen LogP contribution is 2.29. The van der Waals surface area contributed by atoms with Crippen LogP contribution in [0.1, 0.15) is 12.8 Å². The molecule has 1 fully saturated rings. The number of anilines is 2. The Morgan fingerprint density at radius 1 is 1.10 bits per heavy atom. The number of nitrogens with zero attached hydrogens (tertiary/aromatic N) is 3. The maximum Gasteiger partial charge on any atom is 0.405 e. The summed E-state index contributed by atoms with van der Waals surface area (Å²) in [6.45, 7) is -1.27. The lowest BCUT2D eigenvalue weighted by Gasteiger charge is -2.13. The second-order valence-corrected chi connectivity index (χ2v) is 9.16. The molecule has 2 aromatic heterocycles. The first-order valence-electron chi connectivity index (χ1n) is 9.15. The van der Waals surface area contributed by atoms with Crippen LogP contribution in [-0.2, 0) is 9.84 Å². The van der Waals surface area contributed by atoms with Gasteiger partial charge >= 0.3 is 6.18 Å². The Morgan fingerprint density at radius 3 is 2.53 bits per heavy atom. The molecule has 0 bridgehead atoms. The standard InChI is InChI=1S/C19H18F3N5O2S/c1-30(28,29)13-4-2-3-11(9-13)14-7-8-15-16(25-14)17(23-10-19(20,21)22)27-18(26-15)24-12-5-6-12/h2-4,7-9,12H,5-6,10H2,1H3,(H2,23,24,26,27). The van der Waals surface area contributed by atoms with Crippen molar-refractivity contribution in [3.63, 3.8) is 0 Å². The third-order valence-corrected chi connectivity index (χ3v) is 5.58. The molecule has 158 valence electrons. The van der Waals surface area contributed by atoms with Crippen LogP contribution in [0.4, 0.5) is 24.9 Å². The number of alkyl halides is 3. The van der Waals surface area contributed by atoms with Gasteiger partial charge in [0, 0.05) is 17.9 Å². The first kappa shape index (κ1) is 20.3. The van der Waals surface area contributed by atoms with E-state index in [0.717, 1.165) is 19.1 Å². The minimum atomic E-state index is -4.43. The molecule has 0 spiro atoms. The van der Waals surface area contributed by atoms with E-state index >= 15 is 0 Å². The summed E-state index contributed by atoms with van der Waals surface area (Å²) >= 11 is 0. The highest BCUT2D eigenvalue weighted by Gasteiger charge is 2.28. The van der Waals surface area contributed by atoms with E-state index in [-0.39, 0.29) is 28.2 Å². The van der Waals surface area contributed by atoms with Gasteiger partial charge in [0.05, 0.1) is 16.1 Å². The van der Waals surface area contributed by atoms with Crippen molar-refractivity contribution in [1.29, 1.82) is 0 Å². The van der Waals surface area contributed by atoms with E-state index in [4.69, 9.17) is 0 Å². The fourth-order valence-corrected chi connectivity index (χ4v) is 3.51. The molecule has 0 unspecified atom stereocenters. The molecule has 0 saturated heterocycles. The van der Waals surface area contributed by atoms with E-state index in [1.807, 2.05) is 0 Å². The fraction of sp³-hybridized carbons (Fsp3) is 0.316. The molecule has 11 heteroatoms. The zero-order valence-electron chi connectivity index (χ0n) is 15.9. The van der Waals surface area contributed by atoms with Crippen LogP contribution in [0.2, 0.25) is 0 Å². The SMILES string of the molecule is CS(=O)(=O)c1cccc(-c2ccc3nc(NC4CC4)nc(NCC(F)(F)F)c3n2)c1. The molecular formula is C19H18F3N5O2S. The summed E-state index contributed by atoms with van der Waals surface area (Å²) in [6, 6.07) is 9.69. The number of aromatic nitrogens is 3. The van der Waals surface area contributed by atoms with E-state index in [1.54, 1.807) is 24.3 Å². The number of hydrogen-bond acceptors (Lipinski definition) is 7. The number of benzene rings is 1. The van der Waals surface area contributed by atoms with Gasteiger partial charge in [-0.05, 0) is 37.1 Å². The second kappa shape index (κ2) is 7.38. The summed E-state index contributed by atoms with van der Waals surface area (Å²) in [5, 5.41) is 5.38. The van der Waals surface area contributed by atoms with Crippen LogP contribution in [0.3, 0.4) is 0 Å².